The average Bonchev–Trinajstić information content (AvgIpc) is 2.34. The summed E-state index contributed by atoms with van der Waals surface area (Å²) in [5.74, 6) is 1.71. The Balaban J connectivity index is 2.72. The van der Waals surface area contributed by atoms with E-state index in [0.717, 1.165) is 18.6 Å². The second-order valence-corrected chi connectivity index (χ2v) is 3.82. The molecule has 1 aromatic rings. The van der Waals surface area contributed by atoms with Gasteiger partial charge in [0, 0.05) is 6.07 Å². The molecule has 0 aliphatic rings. The van der Waals surface area contributed by atoms with Crippen LogP contribution in [0.5, 0.6) is 11.5 Å². The molecule has 0 N–H and O–H groups in total. The highest BCUT2D eigenvalue weighted by Gasteiger charge is 2.12. The molecule has 0 amide bonds. The summed E-state index contributed by atoms with van der Waals surface area (Å²) in [6, 6.07) is 4.30. The molecule has 0 spiro atoms. The summed E-state index contributed by atoms with van der Waals surface area (Å²) in [6.45, 7) is 0.498. The summed E-state index contributed by atoms with van der Waals surface area (Å²) in [4.78, 5) is 10.2. The summed E-state index contributed by atoms with van der Waals surface area (Å²) in [5, 5.41) is 10.6. The number of non-ortho nitro benzene ring substituents is 1. The van der Waals surface area contributed by atoms with Gasteiger partial charge in [-0.2, -0.15) is 12.6 Å². The highest BCUT2D eigenvalue weighted by molar-refractivity contribution is 7.80. The Morgan fingerprint density at radius 2 is 2.12 bits per heavy atom. The van der Waals surface area contributed by atoms with Gasteiger partial charge in [-0.15, -0.1) is 0 Å². The predicted molar refractivity (Wildman–Crippen MR) is 68.2 cm³/mol. The van der Waals surface area contributed by atoms with Crippen molar-refractivity contribution in [1.29, 1.82) is 0 Å². The number of hydrogen-bond donors (Lipinski definition) is 1. The topological polar surface area (TPSA) is 61.6 Å². The van der Waals surface area contributed by atoms with Crippen molar-refractivity contribution in [2.24, 2.45) is 0 Å². The van der Waals surface area contributed by atoms with Crippen LogP contribution in [0, 0.1) is 10.1 Å². The van der Waals surface area contributed by atoms with Gasteiger partial charge in [0.15, 0.2) is 11.5 Å². The molecular formula is C11H15NO4S. The van der Waals surface area contributed by atoms with Crippen molar-refractivity contribution in [3.8, 4) is 11.5 Å². The van der Waals surface area contributed by atoms with E-state index in [4.69, 9.17) is 9.47 Å². The number of unbranched alkanes of at least 4 members (excludes halogenated alkanes) is 1. The molecule has 0 atom stereocenters. The van der Waals surface area contributed by atoms with Crippen molar-refractivity contribution in [3.63, 3.8) is 0 Å². The van der Waals surface area contributed by atoms with Gasteiger partial charge in [0.05, 0.1) is 24.7 Å². The molecule has 6 heteroatoms. The molecule has 0 aliphatic carbocycles. The fourth-order valence-electron chi connectivity index (χ4n) is 1.29. The van der Waals surface area contributed by atoms with E-state index >= 15 is 0 Å². The van der Waals surface area contributed by atoms with Crippen molar-refractivity contribution in [3.05, 3.63) is 28.3 Å². The normalized spacial score (nSPS) is 10.0. The first-order valence-electron chi connectivity index (χ1n) is 5.25. The molecule has 0 saturated carbocycles. The van der Waals surface area contributed by atoms with E-state index in [1.807, 2.05) is 0 Å². The SMILES string of the molecule is COc1ccc([N+](=O)[O-])cc1OCCCCS. The number of rotatable bonds is 7. The molecule has 0 unspecified atom stereocenters. The summed E-state index contributed by atoms with van der Waals surface area (Å²) >= 11 is 4.09. The standard InChI is InChI=1S/C11H15NO4S/c1-15-10-5-4-9(12(13)14)8-11(10)16-6-2-3-7-17/h4-5,8,17H,2-3,6-7H2,1H3. The van der Waals surface area contributed by atoms with Crippen LogP contribution in [0.1, 0.15) is 12.8 Å². The minimum absolute atomic E-state index is 0.00463. The Bertz CT molecular complexity index is 384. The van der Waals surface area contributed by atoms with Crippen LogP contribution < -0.4 is 9.47 Å². The number of hydrogen-bond acceptors (Lipinski definition) is 5. The fourth-order valence-corrected chi connectivity index (χ4v) is 1.51. The van der Waals surface area contributed by atoms with Crippen molar-refractivity contribution < 1.29 is 14.4 Å². The Labute approximate surface area is 105 Å². The van der Waals surface area contributed by atoms with Gasteiger partial charge >= 0.3 is 0 Å². The quantitative estimate of drug-likeness (QED) is 0.353. The monoisotopic (exact) mass is 257 g/mol. The van der Waals surface area contributed by atoms with Crippen LogP contribution in [0.4, 0.5) is 5.69 Å². The molecule has 1 aromatic carbocycles. The summed E-state index contributed by atoms with van der Waals surface area (Å²) in [7, 11) is 1.50. The van der Waals surface area contributed by atoms with Crippen LogP contribution in [0.15, 0.2) is 18.2 Å². The number of nitrogens with zero attached hydrogens (tertiary/aromatic N) is 1. The van der Waals surface area contributed by atoms with E-state index in [-0.39, 0.29) is 5.69 Å². The third-order valence-corrected chi connectivity index (χ3v) is 2.48. The minimum Gasteiger partial charge on any atom is -0.493 e. The Hall–Kier alpha value is -1.43. The maximum atomic E-state index is 10.6. The van der Waals surface area contributed by atoms with Gasteiger partial charge in [0.2, 0.25) is 0 Å². The van der Waals surface area contributed by atoms with E-state index in [1.165, 1.54) is 25.3 Å². The number of ether oxygens (including phenoxy) is 2. The van der Waals surface area contributed by atoms with Gasteiger partial charge in [-0.1, -0.05) is 0 Å². The number of thiol groups is 1. The third-order valence-electron chi connectivity index (χ3n) is 2.17. The Morgan fingerprint density at radius 1 is 1.35 bits per heavy atom. The summed E-state index contributed by atoms with van der Waals surface area (Å²) in [6.07, 6.45) is 1.80. The second-order valence-electron chi connectivity index (χ2n) is 3.37. The highest BCUT2D eigenvalue weighted by atomic mass is 32.1. The molecule has 0 aromatic heterocycles. The number of nitro benzene ring substituents is 1. The predicted octanol–water partition coefficient (Wildman–Crippen LogP) is 2.69. The molecule has 0 fully saturated rings. The van der Waals surface area contributed by atoms with E-state index in [0.29, 0.717) is 18.1 Å². The minimum atomic E-state index is -0.458. The maximum Gasteiger partial charge on any atom is 0.273 e. The maximum absolute atomic E-state index is 10.6. The smallest absolute Gasteiger partial charge is 0.273 e. The van der Waals surface area contributed by atoms with Crippen LogP contribution in [0.2, 0.25) is 0 Å². The Kier molecular flexibility index (Phi) is 5.62. The van der Waals surface area contributed by atoms with E-state index in [9.17, 15) is 10.1 Å². The Morgan fingerprint density at radius 3 is 2.71 bits per heavy atom. The zero-order chi connectivity index (χ0) is 12.7. The summed E-state index contributed by atoms with van der Waals surface area (Å²) < 4.78 is 10.5. The number of nitro groups is 1. The molecule has 5 nitrogen and oxygen atoms in total. The van der Waals surface area contributed by atoms with Crippen LogP contribution >= 0.6 is 12.6 Å². The zero-order valence-electron chi connectivity index (χ0n) is 9.59. The van der Waals surface area contributed by atoms with E-state index < -0.39 is 4.92 Å². The molecule has 1 rings (SSSR count). The lowest BCUT2D eigenvalue weighted by molar-refractivity contribution is -0.385. The second kappa shape index (κ2) is 7.01. The first kappa shape index (κ1) is 13.6. The lowest BCUT2D eigenvalue weighted by atomic mass is 10.3. The van der Waals surface area contributed by atoms with Crippen molar-refractivity contribution in [1.82, 2.24) is 0 Å². The fraction of sp³-hybridized carbons (Fsp3) is 0.455. The largest absolute Gasteiger partial charge is 0.493 e. The first-order valence-corrected chi connectivity index (χ1v) is 5.88. The van der Waals surface area contributed by atoms with Gasteiger partial charge in [-0.3, -0.25) is 10.1 Å². The van der Waals surface area contributed by atoms with Crippen molar-refractivity contribution >= 4 is 18.3 Å². The van der Waals surface area contributed by atoms with Crippen molar-refractivity contribution in [2.45, 2.75) is 12.8 Å². The van der Waals surface area contributed by atoms with Crippen LogP contribution in [0.25, 0.3) is 0 Å². The van der Waals surface area contributed by atoms with Gasteiger partial charge in [0.25, 0.3) is 5.69 Å². The van der Waals surface area contributed by atoms with Gasteiger partial charge in [-0.05, 0) is 24.7 Å². The molecule has 94 valence electrons. The molecule has 0 aliphatic heterocycles. The van der Waals surface area contributed by atoms with Gasteiger partial charge < -0.3 is 9.47 Å². The first-order chi connectivity index (χ1) is 8.19. The number of methoxy groups -OCH3 is 1. The molecular weight excluding hydrogens is 242 g/mol. The molecule has 0 radical (unpaired) electrons. The van der Waals surface area contributed by atoms with Crippen molar-refractivity contribution in [2.75, 3.05) is 19.5 Å². The molecule has 0 bridgehead atoms. The molecule has 0 heterocycles. The van der Waals surface area contributed by atoms with E-state index in [1.54, 1.807) is 0 Å². The average molecular weight is 257 g/mol. The molecule has 17 heavy (non-hydrogen) atoms. The van der Waals surface area contributed by atoms with Crippen LogP contribution in [-0.2, 0) is 0 Å². The van der Waals surface area contributed by atoms with Crippen LogP contribution in [0.3, 0.4) is 0 Å². The lowest BCUT2D eigenvalue weighted by Crippen LogP contribution is -2.00. The van der Waals surface area contributed by atoms with E-state index in [2.05, 4.69) is 12.6 Å². The number of benzene rings is 1. The van der Waals surface area contributed by atoms with Gasteiger partial charge in [-0.25, -0.2) is 0 Å². The summed E-state index contributed by atoms with van der Waals surface area (Å²) in [5.41, 5.74) is -0.00463. The third kappa shape index (κ3) is 4.14. The van der Waals surface area contributed by atoms with Crippen LogP contribution in [-0.4, -0.2) is 24.4 Å². The molecule has 0 saturated heterocycles. The zero-order valence-corrected chi connectivity index (χ0v) is 10.5. The highest BCUT2D eigenvalue weighted by Crippen LogP contribution is 2.31. The lowest BCUT2D eigenvalue weighted by Gasteiger charge is -2.09. The van der Waals surface area contributed by atoms with Gasteiger partial charge in [0.1, 0.15) is 0 Å².